The van der Waals surface area contributed by atoms with E-state index in [4.69, 9.17) is 27.9 Å². The lowest BCUT2D eigenvalue weighted by Gasteiger charge is -2.19. The van der Waals surface area contributed by atoms with Crippen LogP contribution in [-0.2, 0) is 20.7 Å². The van der Waals surface area contributed by atoms with Crippen molar-refractivity contribution in [1.82, 2.24) is 10.6 Å². The van der Waals surface area contributed by atoms with Crippen LogP contribution in [0.15, 0.2) is 42.5 Å². The number of amides is 2. The van der Waals surface area contributed by atoms with E-state index in [2.05, 4.69) is 16.0 Å². The van der Waals surface area contributed by atoms with Gasteiger partial charge in [0.25, 0.3) is 5.91 Å². The van der Waals surface area contributed by atoms with Crippen molar-refractivity contribution < 1.29 is 19.1 Å². The molecular weight excluding hydrogens is 461 g/mol. The van der Waals surface area contributed by atoms with Gasteiger partial charge >= 0.3 is 5.97 Å². The number of nitrogens with one attached hydrogen (secondary N) is 3. The Morgan fingerprint density at radius 3 is 2.42 bits per heavy atom. The van der Waals surface area contributed by atoms with Crippen LogP contribution in [0.25, 0.3) is 0 Å². The van der Waals surface area contributed by atoms with Gasteiger partial charge < -0.3 is 15.4 Å². The number of hydrogen-bond donors (Lipinski definition) is 3. The lowest BCUT2D eigenvalue weighted by atomic mass is 10.0. The molecule has 1 aliphatic rings. The summed E-state index contributed by atoms with van der Waals surface area (Å²) in [6.07, 6.45) is 0.253. The first kappa shape index (κ1) is 23.4. The molecule has 31 heavy (non-hydrogen) atoms. The van der Waals surface area contributed by atoms with E-state index in [0.29, 0.717) is 17.3 Å². The monoisotopic (exact) mass is 481 g/mol. The van der Waals surface area contributed by atoms with Crippen molar-refractivity contribution in [2.45, 2.75) is 18.5 Å². The zero-order chi connectivity index (χ0) is 22.4. The van der Waals surface area contributed by atoms with Gasteiger partial charge in [0, 0.05) is 23.7 Å². The van der Waals surface area contributed by atoms with Crippen LogP contribution in [0.1, 0.15) is 15.9 Å². The van der Waals surface area contributed by atoms with Gasteiger partial charge in [-0.1, -0.05) is 41.4 Å². The Morgan fingerprint density at radius 1 is 1.16 bits per heavy atom. The summed E-state index contributed by atoms with van der Waals surface area (Å²) in [5.74, 6) is 0.174. The molecule has 0 spiro atoms. The second-order valence-electron chi connectivity index (χ2n) is 6.81. The molecule has 1 heterocycles. The van der Waals surface area contributed by atoms with Crippen LogP contribution in [0, 0.1) is 0 Å². The third kappa shape index (κ3) is 6.13. The van der Waals surface area contributed by atoms with Gasteiger partial charge in [-0.15, -0.1) is 11.8 Å². The van der Waals surface area contributed by atoms with Gasteiger partial charge in [-0.05, 0) is 29.8 Å². The van der Waals surface area contributed by atoms with Crippen molar-refractivity contribution in [3.63, 3.8) is 0 Å². The Labute approximate surface area is 194 Å². The molecular formula is C21H21Cl2N3O4S. The molecule has 7 nitrogen and oxygen atoms in total. The number of methoxy groups -OCH3 is 1. The molecule has 2 amide bonds. The van der Waals surface area contributed by atoms with Crippen molar-refractivity contribution in [2.75, 3.05) is 24.1 Å². The van der Waals surface area contributed by atoms with E-state index >= 15 is 0 Å². The molecule has 164 valence electrons. The maximum Gasteiger partial charge on any atom is 0.328 e. The van der Waals surface area contributed by atoms with Crippen molar-refractivity contribution in [3.05, 3.63) is 63.6 Å². The Bertz CT molecular complexity index is 945. The zero-order valence-electron chi connectivity index (χ0n) is 16.6. The quantitative estimate of drug-likeness (QED) is 0.525. The predicted molar refractivity (Wildman–Crippen MR) is 123 cm³/mol. The fourth-order valence-corrected chi connectivity index (χ4v) is 4.55. The molecule has 1 saturated heterocycles. The van der Waals surface area contributed by atoms with E-state index in [1.54, 1.807) is 54.2 Å². The number of carbonyl (C=O) groups excluding carboxylic acids is 3. The average Bonchev–Trinajstić information content (AvgIpc) is 3.29. The highest BCUT2D eigenvalue weighted by Gasteiger charge is 2.28. The molecule has 0 aliphatic carbocycles. The molecule has 0 aromatic heterocycles. The van der Waals surface area contributed by atoms with Crippen LogP contribution in [0.2, 0.25) is 10.0 Å². The van der Waals surface area contributed by atoms with E-state index < -0.39 is 17.9 Å². The van der Waals surface area contributed by atoms with Gasteiger partial charge in [0.2, 0.25) is 5.91 Å². The molecule has 2 aromatic rings. The average molecular weight is 482 g/mol. The normalized spacial score (nSPS) is 16.4. The number of rotatable bonds is 7. The minimum atomic E-state index is -0.813. The third-order valence-corrected chi connectivity index (χ3v) is 6.25. The summed E-state index contributed by atoms with van der Waals surface area (Å²) in [4.78, 5) is 37.0. The predicted octanol–water partition coefficient (Wildman–Crippen LogP) is 3.11. The zero-order valence-corrected chi connectivity index (χ0v) is 18.9. The van der Waals surface area contributed by atoms with Crippen molar-refractivity contribution >= 4 is 58.4 Å². The molecule has 3 rings (SSSR count). The minimum absolute atomic E-state index is 0.196. The minimum Gasteiger partial charge on any atom is -0.467 e. The number of carbonyl (C=O) groups is 3. The smallest absolute Gasteiger partial charge is 0.328 e. The van der Waals surface area contributed by atoms with Crippen LogP contribution in [0.4, 0.5) is 5.69 Å². The molecule has 1 fully saturated rings. The van der Waals surface area contributed by atoms with Crippen LogP contribution >= 0.6 is 35.0 Å². The van der Waals surface area contributed by atoms with E-state index in [9.17, 15) is 14.4 Å². The van der Waals surface area contributed by atoms with E-state index in [-0.39, 0.29) is 34.0 Å². The lowest BCUT2D eigenvalue weighted by molar-refractivity contribution is -0.145. The number of benzene rings is 2. The first-order chi connectivity index (χ1) is 14.9. The third-order valence-electron chi connectivity index (χ3n) is 4.68. The van der Waals surface area contributed by atoms with Crippen LogP contribution in [0.5, 0.6) is 0 Å². The molecule has 0 bridgehead atoms. The number of thioether (sulfide) groups is 1. The number of anilines is 1. The molecule has 0 radical (unpaired) electrons. The second kappa shape index (κ2) is 10.9. The van der Waals surface area contributed by atoms with Crippen LogP contribution in [0.3, 0.4) is 0 Å². The molecule has 2 aromatic carbocycles. The lowest BCUT2D eigenvalue weighted by Crippen LogP contribution is -2.50. The summed E-state index contributed by atoms with van der Waals surface area (Å²) in [7, 11) is 1.28. The molecule has 10 heteroatoms. The highest BCUT2D eigenvalue weighted by atomic mass is 35.5. The number of halogens is 2. The summed E-state index contributed by atoms with van der Waals surface area (Å²) < 4.78 is 4.83. The maximum absolute atomic E-state index is 12.5. The first-order valence-electron chi connectivity index (χ1n) is 9.42. The number of ether oxygens (including phenoxy) is 1. The fraction of sp³-hybridized carbons (Fsp3) is 0.286. The number of hydrogen-bond acceptors (Lipinski definition) is 6. The summed E-state index contributed by atoms with van der Waals surface area (Å²) in [6.45, 7) is 0. The van der Waals surface area contributed by atoms with E-state index in [1.807, 2.05) is 0 Å². The van der Waals surface area contributed by atoms with Gasteiger partial charge in [0.05, 0.1) is 28.8 Å². The van der Waals surface area contributed by atoms with Gasteiger partial charge in [0.15, 0.2) is 0 Å². The van der Waals surface area contributed by atoms with Gasteiger partial charge in [-0.3, -0.25) is 14.9 Å². The van der Waals surface area contributed by atoms with Crippen molar-refractivity contribution in [2.24, 2.45) is 0 Å². The maximum atomic E-state index is 12.5. The van der Waals surface area contributed by atoms with Gasteiger partial charge in [0.1, 0.15) is 6.04 Å². The molecule has 2 unspecified atom stereocenters. The molecule has 1 aliphatic heterocycles. The van der Waals surface area contributed by atoms with Crippen molar-refractivity contribution in [3.8, 4) is 0 Å². The number of esters is 1. The molecule has 0 saturated carbocycles. The van der Waals surface area contributed by atoms with Gasteiger partial charge in [-0.2, -0.15) is 0 Å². The summed E-state index contributed by atoms with van der Waals surface area (Å²) in [5, 5.41) is 9.08. The van der Waals surface area contributed by atoms with Crippen LogP contribution in [-0.4, -0.2) is 48.6 Å². The highest BCUT2D eigenvalue weighted by molar-refractivity contribution is 7.99. The Hall–Kier alpha value is -2.26. The molecule has 3 N–H and O–H groups in total. The summed E-state index contributed by atoms with van der Waals surface area (Å²) in [5.41, 5.74) is 1.52. The van der Waals surface area contributed by atoms with E-state index in [0.717, 1.165) is 5.56 Å². The Kier molecular flexibility index (Phi) is 8.20. The second-order valence-corrected chi connectivity index (χ2v) is 8.65. The van der Waals surface area contributed by atoms with Crippen molar-refractivity contribution in [1.29, 1.82) is 0 Å². The largest absolute Gasteiger partial charge is 0.467 e. The van der Waals surface area contributed by atoms with Crippen LogP contribution < -0.4 is 16.0 Å². The van der Waals surface area contributed by atoms with Gasteiger partial charge in [-0.25, -0.2) is 4.79 Å². The highest BCUT2D eigenvalue weighted by Crippen LogP contribution is 2.25. The standard InChI is InChI=1S/C21H21Cl2N3O4S/c1-30-21(29)16(26-19(27)17-10-31-11-24-17)9-12-5-7-13(8-6-12)25-20(28)18-14(22)3-2-4-15(18)23/h2-8,16-17,24H,9-11H2,1H3,(H,25,28)(H,26,27). The molecule has 2 atom stereocenters. The Balaban J connectivity index is 1.65. The Morgan fingerprint density at radius 2 is 1.84 bits per heavy atom. The van der Waals surface area contributed by atoms with E-state index in [1.165, 1.54) is 7.11 Å². The topological polar surface area (TPSA) is 96.5 Å². The first-order valence-corrected chi connectivity index (χ1v) is 11.3. The summed E-state index contributed by atoms with van der Waals surface area (Å²) >= 11 is 13.8. The summed E-state index contributed by atoms with van der Waals surface area (Å²) in [6, 6.07) is 10.6. The fourth-order valence-electron chi connectivity index (χ4n) is 3.04. The SMILES string of the molecule is COC(=O)C(Cc1ccc(NC(=O)c2c(Cl)cccc2Cl)cc1)NC(=O)C1CSCN1.